The van der Waals surface area contributed by atoms with Gasteiger partial charge in [-0.25, -0.2) is 4.39 Å². The second-order valence-electron chi connectivity index (χ2n) is 5.22. The van der Waals surface area contributed by atoms with E-state index in [2.05, 4.69) is 15.1 Å². The van der Waals surface area contributed by atoms with Gasteiger partial charge in [-0.15, -0.1) is 10.2 Å². The fraction of sp³-hybridized carbons (Fsp3) is 0.400. The van der Waals surface area contributed by atoms with Crippen LogP contribution in [0.2, 0.25) is 0 Å². The number of rotatable bonds is 3. The molecule has 6 nitrogen and oxygen atoms in total. The lowest BCUT2D eigenvalue weighted by Gasteiger charge is -2.35. The van der Waals surface area contributed by atoms with Gasteiger partial charge in [0, 0.05) is 33.1 Å². The molecule has 1 fully saturated rings. The van der Waals surface area contributed by atoms with Crippen LogP contribution in [-0.2, 0) is 6.54 Å². The van der Waals surface area contributed by atoms with E-state index in [1.54, 1.807) is 19.1 Å². The summed E-state index contributed by atoms with van der Waals surface area (Å²) in [5.41, 5.74) is 0.777. The first-order chi connectivity index (χ1) is 10.7. The van der Waals surface area contributed by atoms with Crippen LogP contribution < -0.4 is 4.90 Å². The highest BCUT2D eigenvalue weighted by Crippen LogP contribution is 2.23. The first kappa shape index (κ1) is 14.5. The van der Waals surface area contributed by atoms with Crippen molar-refractivity contribution in [1.29, 1.82) is 5.26 Å². The molecule has 2 aromatic rings. The van der Waals surface area contributed by atoms with E-state index in [1.165, 1.54) is 6.07 Å². The number of halogens is 1. The van der Waals surface area contributed by atoms with E-state index in [0.717, 1.165) is 26.2 Å². The highest BCUT2D eigenvalue weighted by atomic mass is 19.1. The molecule has 1 aromatic heterocycles. The fourth-order valence-electron chi connectivity index (χ4n) is 2.63. The van der Waals surface area contributed by atoms with Crippen LogP contribution in [0, 0.1) is 24.1 Å². The van der Waals surface area contributed by atoms with E-state index in [4.69, 9.17) is 9.68 Å². The molecule has 0 bridgehead atoms. The Morgan fingerprint density at radius 1 is 1.27 bits per heavy atom. The van der Waals surface area contributed by atoms with Crippen LogP contribution in [0.25, 0.3) is 0 Å². The van der Waals surface area contributed by atoms with Gasteiger partial charge >= 0.3 is 0 Å². The summed E-state index contributed by atoms with van der Waals surface area (Å²) in [7, 11) is 0. The number of anilines is 1. The van der Waals surface area contributed by atoms with Crippen molar-refractivity contribution in [3.05, 3.63) is 41.4 Å². The summed E-state index contributed by atoms with van der Waals surface area (Å²) in [6.07, 6.45) is 0. The molecule has 2 heterocycles. The van der Waals surface area contributed by atoms with Gasteiger partial charge in [-0.3, -0.25) is 4.90 Å². The molecule has 0 amide bonds. The summed E-state index contributed by atoms with van der Waals surface area (Å²) < 4.78 is 19.1. The molecule has 0 atom stereocenters. The van der Waals surface area contributed by atoms with Crippen molar-refractivity contribution in [3.8, 4) is 6.07 Å². The average Bonchev–Trinajstić information content (AvgIpc) is 2.93. The van der Waals surface area contributed by atoms with Crippen LogP contribution in [-0.4, -0.2) is 41.3 Å². The quantitative estimate of drug-likeness (QED) is 0.859. The number of nitrogens with zero attached hydrogens (tertiary/aromatic N) is 5. The molecular formula is C15H16FN5O. The Kier molecular flexibility index (Phi) is 4.02. The van der Waals surface area contributed by atoms with Crippen molar-refractivity contribution in [1.82, 2.24) is 15.1 Å². The molecule has 22 heavy (non-hydrogen) atoms. The van der Waals surface area contributed by atoms with Gasteiger partial charge in [0.25, 0.3) is 0 Å². The number of aromatic nitrogens is 2. The van der Waals surface area contributed by atoms with E-state index < -0.39 is 5.82 Å². The Labute approximate surface area is 127 Å². The molecule has 1 aromatic carbocycles. The third-order valence-electron chi connectivity index (χ3n) is 3.74. The zero-order valence-electron chi connectivity index (χ0n) is 12.3. The summed E-state index contributed by atoms with van der Waals surface area (Å²) in [5.74, 6) is 0.699. The minimum atomic E-state index is -0.469. The summed E-state index contributed by atoms with van der Waals surface area (Å²) in [6.45, 7) is 5.42. The molecule has 1 saturated heterocycles. The molecule has 0 aliphatic carbocycles. The number of aryl methyl sites for hydroxylation is 1. The first-order valence-corrected chi connectivity index (χ1v) is 7.12. The number of nitriles is 1. The van der Waals surface area contributed by atoms with Crippen LogP contribution in [0.5, 0.6) is 0 Å². The van der Waals surface area contributed by atoms with Gasteiger partial charge in [-0.05, 0) is 12.1 Å². The van der Waals surface area contributed by atoms with Gasteiger partial charge in [0.05, 0.1) is 12.2 Å². The maximum absolute atomic E-state index is 13.7. The molecule has 0 saturated carbocycles. The topological polar surface area (TPSA) is 69.2 Å². The van der Waals surface area contributed by atoms with Crippen LogP contribution in [0.1, 0.15) is 17.3 Å². The van der Waals surface area contributed by atoms with Crippen molar-refractivity contribution in [2.45, 2.75) is 13.5 Å². The Hall–Kier alpha value is -2.46. The van der Waals surface area contributed by atoms with Gasteiger partial charge in [-0.1, -0.05) is 6.07 Å². The molecule has 1 aliphatic rings. The molecule has 3 rings (SSSR count). The van der Waals surface area contributed by atoms with Crippen molar-refractivity contribution in [3.63, 3.8) is 0 Å². The number of benzene rings is 1. The average molecular weight is 301 g/mol. The number of hydrogen-bond acceptors (Lipinski definition) is 6. The Morgan fingerprint density at radius 3 is 2.68 bits per heavy atom. The maximum atomic E-state index is 13.7. The van der Waals surface area contributed by atoms with Crippen LogP contribution in [0.15, 0.2) is 22.6 Å². The molecule has 7 heteroatoms. The van der Waals surface area contributed by atoms with Gasteiger partial charge in [0.15, 0.2) is 0 Å². The van der Waals surface area contributed by atoms with E-state index in [0.29, 0.717) is 24.0 Å². The lowest BCUT2D eigenvalue weighted by molar-refractivity contribution is 0.225. The van der Waals surface area contributed by atoms with E-state index in [1.807, 2.05) is 11.0 Å². The van der Waals surface area contributed by atoms with Crippen LogP contribution in [0.4, 0.5) is 10.1 Å². The molecule has 0 spiro atoms. The van der Waals surface area contributed by atoms with E-state index in [-0.39, 0.29) is 5.56 Å². The minimum absolute atomic E-state index is 0.114. The second kappa shape index (κ2) is 6.12. The van der Waals surface area contributed by atoms with Crippen LogP contribution >= 0.6 is 0 Å². The Bertz CT molecular complexity index is 700. The number of piperazine rings is 1. The zero-order chi connectivity index (χ0) is 15.5. The zero-order valence-corrected chi connectivity index (χ0v) is 12.3. The van der Waals surface area contributed by atoms with Crippen molar-refractivity contribution < 1.29 is 8.81 Å². The summed E-state index contributed by atoms with van der Waals surface area (Å²) >= 11 is 0. The van der Waals surface area contributed by atoms with E-state index >= 15 is 0 Å². The maximum Gasteiger partial charge on any atom is 0.230 e. The fourth-order valence-corrected chi connectivity index (χ4v) is 2.63. The predicted octanol–water partition coefficient (Wildman–Crippen LogP) is 1.71. The summed E-state index contributed by atoms with van der Waals surface area (Å²) in [4.78, 5) is 4.24. The normalized spacial score (nSPS) is 15.8. The van der Waals surface area contributed by atoms with Crippen molar-refractivity contribution >= 4 is 5.69 Å². The van der Waals surface area contributed by atoms with Gasteiger partial charge in [0.2, 0.25) is 11.8 Å². The summed E-state index contributed by atoms with van der Waals surface area (Å²) in [6, 6.07) is 6.70. The highest BCUT2D eigenvalue weighted by molar-refractivity contribution is 5.60. The predicted molar refractivity (Wildman–Crippen MR) is 77.6 cm³/mol. The minimum Gasteiger partial charge on any atom is -0.424 e. The van der Waals surface area contributed by atoms with Gasteiger partial charge in [-0.2, -0.15) is 5.26 Å². The van der Waals surface area contributed by atoms with Crippen LogP contribution in [0.3, 0.4) is 0 Å². The molecular weight excluding hydrogens is 285 g/mol. The molecule has 114 valence electrons. The molecule has 0 unspecified atom stereocenters. The molecule has 0 N–H and O–H groups in total. The lowest BCUT2D eigenvalue weighted by Crippen LogP contribution is -2.46. The van der Waals surface area contributed by atoms with Gasteiger partial charge in [0.1, 0.15) is 17.4 Å². The smallest absolute Gasteiger partial charge is 0.230 e. The van der Waals surface area contributed by atoms with Crippen molar-refractivity contribution in [2.24, 2.45) is 0 Å². The third-order valence-corrected chi connectivity index (χ3v) is 3.74. The third kappa shape index (κ3) is 2.92. The Balaban J connectivity index is 1.65. The monoisotopic (exact) mass is 301 g/mol. The van der Waals surface area contributed by atoms with Gasteiger partial charge < -0.3 is 9.32 Å². The highest BCUT2D eigenvalue weighted by Gasteiger charge is 2.21. The van der Waals surface area contributed by atoms with E-state index in [9.17, 15) is 4.39 Å². The lowest BCUT2D eigenvalue weighted by atomic mass is 10.1. The van der Waals surface area contributed by atoms with Crippen molar-refractivity contribution in [2.75, 3.05) is 31.1 Å². The SMILES string of the molecule is Cc1nnc(CN2CCN(c3cccc(F)c3C#N)CC2)o1. The Morgan fingerprint density at radius 2 is 2.05 bits per heavy atom. The standard InChI is InChI=1S/C15H16FN5O/c1-11-18-19-15(22-11)10-20-5-7-21(8-6-20)14-4-2-3-13(16)12(14)9-17/h2-4H,5-8,10H2,1H3. The summed E-state index contributed by atoms with van der Waals surface area (Å²) in [5, 5.41) is 16.9. The second-order valence-corrected chi connectivity index (χ2v) is 5.22. The number of hydrogen-bond donors (Lipinski definition) is 0. The molecule has 0 radical (unpaired) electrons. The first-order valence-electron chi connectivity index (χ1n) is 7.12. The largest absolute Gasteiger partial charge is 0.424 e. The molecule has 1 aliphatic heterocycles.